The van der Waals surface area contributed by atoms with Crippen molar-refractivity contribution in [2.24, 2.45) is 5.92 Å². The van der Waals surface area contributed by atoms with Gasteiger partial charge in [0.2, 0.25) is 0 Å². The van der Waals surface area contributed by atoms with Crippen LogP contribution in [0, 0.1) is 5.92 Å². The summed E-state index contributed by atoms with van der Waals surface area (Å²) < 4.78 is 0. The first-order chi connectivity index (χ1) is 10.4. The monoisotopic (exact) mass is 302 g/mol. The fourth-order valence-electron chi connectivity index (χ4n) is 2.75. The van der Waals surface area contributed by atoms with Gasteiger partial charge in [-0.2, -0.15) is 0 Å². The van der Waals surface area contributed by atoms with Crippen LogP contribution in [-0.4, -0.2) is 40.1 Å². The number of hydrogen-bond donors (Lipinski definition) is 1. The van der Waals surface area contributed by atoms with Gasteiger partial charge >= 0.3 is 6.03 Å². The molecule has 22 heavy (non-hydrogen) atoms. The van der Waals surface area contributed by atoms with Crippen LogP contribution in [0.3, 0.4) is 0 Å². The average molecular weight is 302 g/mol. The number of carbonyl (C=O) groups excluding carboxylic acids is 1. The number of aliphatic hydroxyl groups is 1. The van der Waals surface area contributed by atoms with Crippen molar-refractivity contribution in [3.63, 3.8) is 0 Å². The molecular formula is C18H26N2O2. The molecule has 1 aromatic carbocycles. The zero-order valence-corrected chi connectivity index (χ0v) is 13.8. The van der Waals surface area contributed by atoms with E-state index in [9.17, 15) is 9.90 Å². The summed E-state index contributed by atoms with van der Waals surface area (Å²) in [5.74, 6) is 0.213. The minimum Gasteiger partial charge on any atom is -0.393 e. The van der Waals surface area contributed by atoms with Crippen molar-refractivity contribution in [1.82, 2.24) is 9.80 Å². The predicted octanol–water partition coefficient (Wildman–Crippen LogP) is 3.40. The van der Waals surface area contributed by atoms with Gasteiger partial charge in [0.15, 0.2) is 0 Å². The highest BCUT2D eigenvalue weighted by Gasteiger charge is 2.40. The molecule has 0 spiro atoms. The quantitative estimate of drug-likeness (QED) is 0.906. The molecule has 0 aliphatic carbocycles. The lowest BCUT2D eigenvalue weighted by Crippen LogP contribution is -2.28. The molecule has 0 radical (unpaired) electrons. The van der Waals surface area contributed by atoms with Crippen LogP contribution in [0.25, 0.3) is 0 Å². The van der Waals surface area contributed by atoms with Gasteiger partial charge in [-0.1, -0.05) is 50.3 Å². The maximum Gasteiger partial charge on any atom is 0.324 e. The highest BCUT2D eigenvalue weighted by molar-refractivity contribution is 5.79. The number of carbonyl (C=O) groups is 1. The highest BCUT2D eigenvalue weighted by atomic mass is 16.3. The van der Waals surface area contributed by atoms with Crippen LogP contribution in [0.2, 0.25) is 0 Å². The first-order valence-corrected chi connectivity index (χ1v) is 7.88. The number of likely N-dealkylation sites (N-methyl/N-ethyl adjacent to an activating group) is 1. The molecular weight excluding hydrogens is 276 g/mol. The van der Waals surface area contributed by atoms with Gasteiger partial charge in [-0.25, -0.2) is 4.79 Å². The Hall–Kier alpha value is -1.81. The first kappa shape index (κ1) is 16.6. The smallest absolute Gasteiger partial charge is 0.324 e. The standard InChI is InChI=1S/C18H26N2O2/c1-13(2)16(21)11-8-12-20-17(14(3)19(4)18(20)22)15-9-6-5-7-10-15/h5-10,12-14,16-17,21H,11H2,1-4H3/b12-8-/t14-,16+,17-/m0/s1. The largest absolute Gasteiger partial charge is 0.393 e. The summed E-state index contributed by atoms with van der Waals surface area (Å²) in [4.78, 5) is 16.0. The summed E-state index contributed by atoms with van der Waals surface area (Å²) >= 11 is 0. The van der Waals surface area contributed by atoms with Gasteiger partial charge in [0.25, 0.3) is 0 Å². The SMILES string of the molecule is CC(C)[C@H](O)C/C=C\N1C(=O)N(C)[C@@H](C)[C@H]1c1ccccc1. The summed E-state index contributed by atoms with van der Waals surface area (Å²) in [6, 6.07) is 10.2. The van der Waals surface area contributed by atoms with Gasteiger partial charge in [0.1, 0.15) is 0 Å². The van der Waals surface area contributed by atoms with Crippen LogP contribution in [0.1, 0.15) is 38.8 Å². The molecule has 4 heteroatoms. The molecule has 0 bridgehead atoms. The first-order valence-electron chi connectivity index (χ1n) is 7.88. The average Bonchev–Trinajstić information content (AvgIpc) is 2.72. The van der Waals surface area contributed by atoms with Crippen molar-refractivity contribution >= 4 is 6.03 Å². The third kappa shape index (κ3) is 3.33. The van der Waals surface area contributed by atoms with E-state index < -0.39 is 0 Å². The minimum absolute atomic E-state index is 0.00311. The highest BCUT2D eigenvalue weighted by Crippen LogP contribution is 2.34. The topological polar surface area (TPSA) is 43.8 Å². The van der Waals surface area contributed by atoms with Crippen LogP contribution in [0.15, 0.2) is 42.6 Å². The lowest BCUT2D eigenvalue weighted by molar-refractivity contribution is 0.128. The summed E-state index contributed by atoms with van der Waals surface area (Å²) in [5.41, 5.74) is 1.13. The zero-order valence-electron chi connectivity index (χ0n) is 13.8. The molecule has 2 amide bonds. The Kier molecular flexibility index (Phi) is 5.24. The van der Waals surface area contributed by atoms with E-state index in [1.807, 2.05) is 51.4 Å². The van der Waals surface area contributed by atoms with Gasteiger partial charge < -0.3 is 10.0 Å². The molecule has 1 saturated heterocycles. The Labute approximate surface area is 133 Å². The van der Waals surface area contributed by atoms with Gasteiger partial charge in [0.05, 0.1) is 18.2 Å². The van der Waals surface area contributed by atoms with Crippen molar-refractivity contribution in [3.8, 4) is 0 Å². The van der Waals surface area contributed by atoms with Crippen molar-refractivity contribution in [1.29, 1.82) is 0 Å². The van der Waals surface area contributed by atoms with Crippen LogP contribution >= 0.6 is 0 Å². The van der Waals surface area contributed by atoms with Crippen molar-refractivity contribution in [2.75, 3.05) is 7.05 Å². The second-order valence-corrected chi connectivity index (χ2v) is 6.33. The third-order valence-corrected chi connectivity index (χ3v) is 4.44. The second kappa shape index (κ2) is 6.97. The Morgan fingerprint density at radius 2 is 1.91 bits per heavy atom. The predicted molar refractivity (Wildman–Crippen MR) is 88.2 cm³/mol. The van der Waals surface area contributed by atoms with Gasteiger partial charge in [0, 0.05) is 13.2 Å². The molecule has 0 unspecified atom stereocenters. The molecule has 1 aliphatic heterocycles. The number of aliphatic hydroxyl groups excluding tert-OH is 1. The Balaban J connectivity index is 2.19. The van der Waals surface area contributed by atoms with E-state index in [-0.39, 0.29) is 30.1 Å². The molecule has 3 atom stereocenters. The van der Waals surface area contributed by atoms with E-state index in [1.165, 1.54) is 0 Å². The van der Waals surface area contributed by atoms with Gasteiger partial charge in [-0.05, 0) is 24.8 Å². The lowest BCUT2D eigenvalue weighted by Gasteiger charge is -2.23. The number of amides is 2. The number of nitrogens with zero attached hydrogens (tertiary/aromatic N) is 2. The molecule has 1 aliphatic rings. The Morgan fingerprint density at radius 1 is 1.27 bits per heavy atom. The van der Waals surface area contributed by atoms with E-state index in [2.05, 4.69) is 19.1 Å². The summed E-state index contributed by atoms with van der Waals surface area (Å²) in [6.07, 6.45) is 3.90. The fourth-order valence-corrected chi connectivity index (χ4v) is 2.75. The molecule has 1 N–H and O–H groups in total. The molecule has 1 heterocycles. The van der Waals surface area contributed by atoms with Gasteiger partial charge in [-0.3, -0.25) is 4.90 Å². The molecule has 2 rings (SSSR count). The Bertz CT molecular complexity index is 527. The molecule has 1 aromatic rings. The number of urea groups is 1. The van der Waals surface area contributed by atoms with Crippen LogP contribution in [0.5, 0.6) is 0 Å². The summed E-state index contributed by atoms with van der Waals surface area (Å²) in [6.45, 7) is 6.04. The van der Waals surface area contributed by atoms with E-state index in [0.717, 1.165) is 5.56 Å². The minimum atomic E-state index is -0.376. The van der Waals surface area contributed by atoms with Crippen LogP contribution < -0.4 is 0 Å². The van der Waals surface area contributed by atoms with E-state index >= 15 is 0 Å². The van der Waals surface area contributed by atoms with Crippen molar-refractivity contribution in [2.45, 2.75) is 45.4 Å². The molecule has 1 fully saturated rings. The Morgan fingerprint density at radius 3 is 2.50 bits per heavy atom. The fraction of sp³-hybridized carbons (Fsp3) is 0.500. The molecule has 0 aromatic heterocycles. The third-order valence-electron chi connectivity index (χ3n) is 4.44. The maximum atomic E-state index is 12.4. The maximum absolute atomic E-state index is 12.4. The summed E-state index contributed by atoms with van der Waals surface area (Å²) in [5, 5.41) is 9.89. The second-order valence-electron chi connectivity index (χ2n) is 6.33. The van der Waals surface area contributed by atoms with Crippen molar-refractivity contribution in [3.05, 3.63) is 48.2 Å². The number of rotatable bonds is 5. The van der Waals surface area contributed by atoms with E-state index in [1.54, 1.807) is 9.80 Å². The lowest BCUT2D eigenvalue weighted by atomic mass is 10.0. The molecule has 120 valence electrons. The molecule has 4 nitrogen and oxygen atoms in total. The zero-order chi connectivity index (χ0) is 16.3. The van der Waals surface area contributed by atoms with Crippen molar-refractivity contribution < 1.29 is 9.90 Å². The number of benzene rings is 1. The summed E-state index contributed by atoms with van der Waals surface area (Å²) in [7, 11) is 1.83. The van der Waals surface area contributed by atoms with E-state index in [4.69, 9.17) is 0 Å². The molecule has 0 saturated carbocycles. The number of hydrogen-bond acceptors (Lipinski definition) is 2. The van der Waals surface area contributed by atoms with Gasteiger partial charge in [-0.15, -0.1) is 0 Å². The van der Waals surface area contributed by atoms with Crippen LogP contribution in [0.4, 0.5) is 4.79 Å². The normalized spacial score (nSPS) is 23.8. The van der Waals surface area contributed by atoms with E-state index in [0.29, 0.717) is 6.42 Å². The van der Waals surface area contributed by atoms with Crippen LogP contribution in [-0.2, 0) is 0 Å².